The monoisotopic (exact) mass is 279 g/mol. The molecule has 1 unspecified atom stereocenters. The zero-order valence-corrected chi connectivity index (χ0v) is 12.0. The standard InChI is InChI=1S/C15H21NO4/c1-11(17)6-7-16(2)15(18)12-4-5-13-14(10-12)20-9-3-8-19-13/h4-5,10-11,17H,3,6-9H2,1-2H3. The number of amides is 1. The quantitative estimate of drug-likeness (QED) is 0.911. The Labute approximate surface area is 119 Å². The minimum atomic E-state index is -0.408. The van der Waals surface area contributed by atoms with E-state index in [1.807, 2.05) is 0 Å². The van der Waals surface area contributed by atoms with Crippen molar-refractivity contribution in [3.8, 4) is 11.5 Å². The summed E-state index contributed by atoms with van der Waals surface area (Å²) >= 11 is 0. The number of aliphatic hydroxyl groups excluding tert-OH is 1. The van der Waals surface area contributed by atoms with Crippen LogP contribution in [0.15, 0.2) is 18.2 Å². The van der Waals surface area contributed by atoms with Crippen LogP contribution in [0.2, 0.25) is 0 Å². The molecule has 0 bridgehead atoms. The molecule has 5 heteroatoms. The molecule has 1 atom stereocenters. The molecule has 1 aromatic carbocycles. The number of hydrogen-bond donors (Lipinski definition) is 1. The summed E-state index contributed by atoms with van der Waals surface area (Å²) < 4.78 is 11.1. The van der Waals surface area contributed by atoms with E-state index in [4.69, 9.17) is 9.47 Å². The topological polar surface area (TPSA) is 59.0 Å². The maximum Gasteiger partial charge on any atom is 0.253 e. The highest BCUT2D eigenvalue weighted by Crippen LogP contribution is 2.30. The lowest BCUT2D eigenvalue weighted by Gasteiger charge is -2.18. The van der Waals surface area contributed by atoms with Gasteiger partial charge in [-0.2, -0.15) is 0 Å². The SMILES string of the molecule is CC(O)CCN(C)C(=O)c1ccc2c(c1)OCCCO2. The van der Waals surface area contributed by atoms with Gasteiger partial charge in [-0.1, -0.05) is 0 Å². The van der Waals surface area contributed by atoms with E-state index in [0.717, 1.165) is 6.42 Å². The summed E-state index contributed by atoms with van der Waals surface area (Å²) in [6.07, 6.45) is 0.994. The molecule has 5 nitrogen and oxygen atoms in total. The van der Waals surface area contributed by atoms with E-state index in [2.05, 4.69) is 0 Å². The van der Waals surface area contributed by atoms with Gasteiger partial charge >= 0.3 is 0 Å². The molecule has 110 valence electrons. The summed E-state index contributed by atoms with van der Waals surface area (Å²) in [5.74, 6) is 1.23. The summed E-state index contributed by atoms with van der Waals surface area (Å²) in [6.45, 7) is 3.47. The number of aliphatic hydroxyl groups is 1. The average Bonchev–Trinajstić information content (AvgIpc) is 2.68. The third-order valence-corrected chi connectivity index (χ3v) is 3.22. The first kappa shape index (κ1) is 14.7. The first-order valence-corrected chi connectivity index (χ1v) is 6.91. The van der Waals surface area contributed by atoms with Gasteiger partial charge in [0.15, 0.2) is 11.5 Å². The van der Waals surface area contributed by atoms with E-state index in [9.17, 15) is 9.90 Å². The van der Waals surface area contributed by atoms with Crippen LogP contribution < -0.4 is 9.47 Å². The summed E-state index contributed by atoms with van der Waals surface area (Å²) in [5.41, 5.74) is 0.572. The number of carbonyl (C=O) groups excluding carboxylic acids is 1. The van der Waals surface area contributed by atoms with Crippen LogP contribution >= 0.6 is 0 Å². The lowest BCUT2D eigenvalue weighted by molar-refractivity contribution is 0.0768. The molecule has 20 heavy (non-hydrogen) atoms. The molecule has 1 aliphatic heterocycles. The van der Waals surface area contributed by atoms with Crippen LogP contribution in [0.25, 0.3) is 0 Å². The molecule has 1 aromatic rings. The molecule has 0 saturated carbocycles. The number of fused-ring (bicyclic) bond motifs is 1. The van der Waals surface area contributed by atoms with Crippen molar-refractivity contribution in [2.45, 2.75) is 25.9 Å². The van der Waals surface area contributed by atoms with Gasteiger partial charge in [0.25, 0.3) is 5.91 Å². The fraction of sp³-hybridized carbons (Fsp3) is 0.533. The largest absolute Gasteiger partial charge is 0.490 e. The van der Waals surface area contributed by atoms with Crippen molar-refractivity contribution >= 4 is 5.91 Å². The lowest BCUT2D eigenvalue weighted by atomic mass is 10.1. The van der Waals surface area contributed by atoms with Crippen molar-refractivity contribution < 1.29 is 19.4 Å². The van der Waals surface area contributed by atoms with Crippen LogP contribution in [0.4, 0.5) is 0 Å². The molecule has 1 aliphatic rings. The summed E-state index contributed by atoms with van der Waals surface area (Å²) in [4.78, 5) is 13.9. The Hall–Kier alpha value is -1.75. The highest BCUT2D eigenvalue weighted by molar-refractivity contribution is 5.94. The highest BCUT2D eigenvalue weighted by atomic mass is 16.5. The average molecular weight is 279 g/mol. The van der Waals surface area contributed by atoms with E-state index in [1.165, 1.54) is 0 Å². The predicted molar refractivity (Wildman–Crippen MR) is 75.3 cm³/mol. The number of rotatable bonds is 4. The molecule has 1 heterocycles. The van der Waals surface area contributed by atoms with Gasteiger partial charge in [-0.3, -0.25) is 4.79 Å². The van der Waals surface area contributed by atoms with Gasteiger partial charge in [-0.05, 0) is 31.5 Å². The maximum absolute atomic E-state index is 12.3. The molecule has 0 aromatic heterocycles. The third kappa shape index (κ3) is 3.63. The lowest BCUT2D eigenvalue weighted by Crippen LogP contribution is -2.29. The summed E-state index contributed by atoms with van der Waals surface area (Å²) in [7, 11) is 1.73. The zero-order valence-electron chi connectivity index (χ0n) is 12.0. The van der Waals surface area contributed by atoms with Gasteiger partial charge < -0.3 is 19.5 Å². The van der Waals surface area contributed by atoms with Crippen LogP contribution in [0.5, 0.6) is 11.5 Å². The second kappa shape index (κ2) is 6.61. The van der Waals surface area contributed by atoms with Crippen molar-refractivity contribution in [3.63, 3.8) is 0 Å². The van der Waals surface area contributed by atoms with E-state index in [-0.39, 0.29) is 5.91 Å². The van der Waals surface area contributed by atoms with Gasteiger partial charge in [0.2, 0.25) is 0 Å². The minimum Gasteiger partial charge on any atom is -0.490 e. The molecule has 0 fully saturated rings. The van der Waals surface area contributed by atoms with Crippen molar-refractivity contribution in [3.05, 3.63) is 23.8 Å². The molecule has 0 spiro atoms. The summed E-state index contributed by atoms with van der Waals surface area (Å²) in [6, 6.07) is 5.24. The maximum atomic E-state index is 12.3. The Balaban J connectivity index is 2.08. The van der Waals surface area contributed by atoms with Crippen LogP contribution in [0, 0.1) is 0 Å². The van der Waals surface area contributed by atoms with Crippen LogP contribution in [-0.4, -0.2) is 48.8 Å². The Morgan fingerprint density at radius 2 is 2.05 bits per heavy atom. The molecule has 1 N–H and O–H groups in total. The van der Waals surface area contributed by atoms with Gasteiger partial charge in [0.05, 0.1) is 19.3 Å². The number of nitrogens with zero attached hydrogens (tertiary/aromatic N) is 1. The fourth-order valence-corrected chi connectivity index (χ4v) is 2.00. The second-order valence-electron chi connectivity index (χ2n) is 5.08. The van der Waals surface area contributed by atoms with Crippen LogP contribution in [-0.2, 0) is 0 Å². The van der Waals surface area contributed by atoms with Crippen molar-refractivity contribution in [2.75, 3.05) is 26.8 Å². The zero-order chi connectivity index (χ0) is 14.5. The predicted octanol–water partition coefficient (Wildman–Crippen LogP) is 1.69. The minimum absolute atomic E-state index is 0.0821. The Morgan fingerprint density at radius 3 is 2.75 bits per heavy atom. The second-order valence-corrected chi connectivity index (χ2v) is 5.08. The molecule has 0 saturated heterocycles. The van der Waals surface area contributed by atoms with Crippen molar-refractivity contribution in [1.82, 2.24) is 4.90 Å². The van der Waals surface area contributed by atoms with Crippen LogP contribution in [0.1, 0.15) is 30.1 Å². The van der Waals surface area contributed by atoms with Crippen LogP contribution in [0.3, 0.4) is 0 Å². The Bertz CT molecular complexity index is 473. The van der Waals surface area contributed by atoms with Gasteiger partial charge in [-0.15, -0.1) is 0 Å². The Morgan fingerprint density at radius 1 is 1.35 bits per heavy atom. The fourth-order valence-electron chi connectivity index (χ4n) is 2.00. The van der Waals surface area contributed by atoms with Crippen molar-refractivity contribution in [2.24, 2.45) is 0 Å². The summed E-state index contributed by atoms with van der Waals surface area (Å²) in [5, 5.41) is 9.27. The molecule has 0 aliphatic carbocycles. The van der Waals surface area contributed by atoms with Gasteiger partial charge in [0, 0.05) is 25.6 Å². The van der Waals surface area contributed by atoms with Gasteiger partial charge in [0.1, 0.15) is 0 Å². The number of hydrogen-bond acceptors (Lipinski definition) is 4. The molecule has 2 rings (SSSR count). The highest BCUT2D eigenvalue weighted by Gasteiger charge is 2.16. The molecule has 0 radical (unpaired) electrons. The van der Waals surface area contributed by atoms with E-state index in [0.29, 0.717) is 43.2 Å². The van der Waals surface area contributed by atoms with E-state index in [1.54, 1.807) is 37.1 Å². The van der Waals surface area contributed by atoms with E-state index < -0.39 is 6.10 Å². The molecular formula is C15H21NO4. The number of carbonyl (C=O) groups is 1. The number of ether oxygens (including phenoxy) is 2. The smallest absolute Gasteiger partial charge is 0.253 e. The van der Waals surface area contributed by atoms with Crippen molar-refractivity contribution in [1.29, 1.82) is 0 Å². The third-order valence-electron chi connectivity index (χ3n) is 3.22. The molecular weight excluding hydrogens is 258 g/mol. The normalized spacial score (nSPS) is 15.3. The number of benzene rings is 1. The first-order chi connectivity index (χ1) is 9.58. The molecule has 1 amide bonds. The van der Waals surface area contributed by atoms with Gasteiger partial charge in [-0.25, -0.2) is 0 Å². The first-order valence-electron chi connectivity index (χ1n) is 6.91. The van der Waals surface area contributed by atoms with E-state index >= 15 is 0 Å². The Kier molecular flexibility index (Phi) is 4.84.